The zero-order valence-corrected chi connectivity index (χ0v) is 17.0. The molecule has 150 valence electrons. The Morgan fingerprint density at radius 3 is 2.46 bits per heavy atom. The van der Waals surface area contributed by atoms with Crippen LogP contribution in [0.5, 0.6) is 11.5 Å². The fraction of sp³-hybridized carbons (Fsp3) is 0.316. The number of benzene rings is 1. The van der Waals surface area contributed by atoms with Crippen LogP contribution in [0.1, 0.15) is 23.2 Å². The average molecular weight is 405 g/mol. The lowest BCUT2D eigenvalue weighted by Crippen LogP contribution is -2.32. The molecular weight excluding hydrogens is 382 g/mol. The van der Waals surface area contributed by atoms with Gasteiger partial charge in [0.1, 0.15) is 11.8 Å². The van der Waals surface area contributed by atoms with E-state index >= 15 is 0 Å². The maximum Gasteiger partial charge on any atom is 0.240 e. The second kappa shape index (κ2) is 8.07. The first kappa shape index (κ1) is 20.0. The van der Waals surface area contributed by atoms with Crippen LogP contribution in [0.3, 0.4) is 0 Å². The Bertz CT molecular complexity index is 1040. The Hall–Kier alpha value is -2.78. The molecule has 0 aliphatic rings. The molecule has 0 spiro atoms. The van der Waals surface area contributed by atoms with E-state index in [0.29, 0.717) is 17.3 Å². The minimum Gasteiger partial charge on any atom is -0.493 e. The zero-order chi connectivity index (χ0) is 20.3. The van der Waals surface area contributed by atoms with Gasteiger partial charge in [-0.15, -0.1) is 0 Å². The fourth-order valence-corrected chi connectivity index (χ4v) is 4.06. The van der Waals surface area contributed by atoms with Crippen LogP contribution in [0, 0.1) is 13.8 Å². The number of nitrogens with one attached hydrogen (secondary N) is 1. The van der Waals surface area contributed by atoms with Crippen molar-refractivity contribution in [1.29, 1.82) is 0 Å². The van der Waals surface area contributed by atoms with E-state index in [1.54, 1.807) is 29.1 Å². The maximum atomic E-state index is 12.8. The van der Waals surface area contributed by atoms with Crippen LogP contribution in [0.2, 0.25) is 0 Å². The molecule has 0 saturated carbocycles. The Morgan fingerprint density at radius 2 is 1.89 bits per heavy atom. The molecule has 28 heavy (non-hydrogen) atoms. The summed E-state index contributed by atoms with van der Waals surface area (Å²) in [5.74, 6) is 1.41. The highest BCUT2D eigenvalue weighted by Crippen LogP contribution is 2.29. The molecule has 0 aliphatic carbocycles. The molecule has 0 bridgehead atoms. The number of sulfonamides is 1. The molecule has 0 radical (unpaired) electrons. The number of methoxy groups -OCH3 is 2. The van der Waals surface area contributed by atoms with E-state index < -0.39 is 16.1 Å². The van der Waals surface area contributed by atoms with E-state index in [9.17, 15) is 8.42 Å². The van der Waals surface area contributed by atoms with Gasteiger partial charge in [-0.2, -0.15) is 5.10 Å². The maximum absolute atomic E-state index is 12.8. The topological polar surface area (TPSA) is 95.6 Å². The lowest BCUT2D eigenvalue weighted by Gasteiger charge is -2.18. The van der Waals surface area contributed by atoms with Crippen molar-refractivity contribution in [2.24, 2.45) is 0 Å². The standard InChI is InChI=1S/C19H23N3O5S/c1-13-10-14(2)22(21-13)16(17-6-5-9-27-17)12-20-28(23,24)15-7-8-18(25-3)19(11-15)26-4/h5-11,16,20H,12H2,1-4H3. The van der Waals surface area contributed by atoms with Gasteiger partial charge in [0, 0.05) is 18.3 Å². The molecule has 1 N–H and O–H groups in total. The summed E-state index contributed by atoms with van der Waals surface area (Å²) in [6.45, 7) is 3.88. The van der Waals surface area contributed by atoms with Gasteiger partial charge in [-0.25, -0.2) is 13.1 Å². The SMILES string of the molecule is COc1ccc(S(=O)(=O)NCC(c2ccco2)n2nc(C)cc2C)cc1OC. The molecule has 3 aromatic rings. The third-order valence-corrected chi connectivity index (χ3v) is 5.76. The first-order chi connectivity index (χ1) is 13.4. The number of hydrogen-bond donors (Lipinski definition) is 1. The van der Waals surface area contributed by atoms with E-state index in [1.165, 1.54) is 26.4 Å². The lowest BCUT2D eigenvalue weighted by molar-refractivity contribution is 0.354. The second-order valence-electron chi connectivity index (χ2n) is 6.27. The molecule has 2 heterocycles. The van der Waals surface area contributed by atoms with E-state index in [0.717, 1.165) is 11.4 Å². The normalized spacial score (nSPS) is 12.7. The average Bonchev–Trinajstić information content (AvgIpc) is 3.31. The fourth-order valence-electron chi connectivity index (χ4n) is 3.01. The molecule has 0 saturated heterocycles. The highest BCUT2D eigenvalue weighted by atomic mass is 32.2. The van der Waals surface area contributed by atoms with E-state index in [-0.39, 0.29) is 11.4 Å². The quantitative estimate of drug-likeness (QED) is 0.619. The van der Waals surface area contributed by atoms with Crippen molar-refractivity contribution in [2.75, 3.05) is 20.8 Å². The predicted molar refractivity (Wildman–Crippen MR) is 103 cm³/mol. The molecule has 3 rings (SSSR count). The number of rotatable bonds is 8. The number of aromatic nitrogens is 2. The first-order valence-corrected chi connectivity index (χ1v) is 10.1. The zero-order valence-electron chi connectivity index (χ0n) is 16.2. The van der Waals surface area contributed by atoms with Crippen LogP contribution < -0.4 is 14.2 Å². The van der Waals surface area contributed by atoms with Gasteiger partial charge in [0.15, 0.2) is 11.5 Å². The molecule has 8 nitrogen and oxygen atoms in total. The van der Waals surface area contributed by atoms with Crippen molar-refractivity contribution in [3.05, 3.63) is 59.8 Å². The number of nitrogens with zero attached hydrogens (tertiary/aromatic N) is 2. The van der Waals surface area contributed by atoms with Gasteiger partial charge in [-0.3, -0.25) is 4.68 Å². The summed E-state index contributed by atoms with van der Waals surface area (Å²) in [6.07, 6.45) is 1.55. The minimum absolute atomic E-state index is 0.0755. The summed E-state index contributed by atoms with van der Waals surface area (Å²) in [5, 5.41) is 4.48. The largest absolute Gasteiger partial charge is 0.493 e. The monoisotopic (exact) mass is 405 g/mol. The van der Waals surface area contributed by atoms with Crippen LogP contribution in [0.25, 0.3) is 0 Å². The van der Waals surface area contributed by atoms with Crippen molar-refractivity contribution in [2.45, 2.75) is 24.8 Å². The molecule has 9 heteroatoms. The number of furan rings is 1. The first-order valence-electron chi connectivity index (χ1n) is 8.63. The summed E-state index contributed by atoms with van der Waals surface area (Å²) in [7, 11) is -0.838. The molecule has 1 unspecified atom stereocenters. The summed E-state index contributed by atoms with van der Waals surface area (Å²) < 4.78 is 45.9. The number of ether oxygens (including phenoxy) is 2. The molecule has 2 aromatic heterocycles. The molecule has 1 atom stereocenters. The van der Waals surface area contributed by atoms with Crippen LogP contribution in [0.15, 0.2) is 52.0 Å². The smallest absolute Gasteiger partial charge is 0.240 e. The molecule has 0 fully saturated rings. The minimum atomic E-state index is -3.79. The summed E-state index contributed by atoms with van der Waals surface area (Å²) in [6, 6.07) is 9.51. The van der Waals surface area contributed by atoms with Gasteiger partial charge >= 0.3 is 0 Å². The van der Waals surface area contributed by atoms with Crippen molar-refractivity contribution in [1.82, 2.24) is 14.5 Å². The van der Waals surface area contributed by atoms with Gasteiger partial charge in [0.05, 0.1) is 31.1 Å². The number of aryl methyl sites for hydroxylation is 2. The molecular formula is C19H23N3O5S. The molecule has 0 aliphatic heterocycles. The molecule has 0 amide bonds. The van der Waals surface area contributed by atoms with E-state index in [4.69, 9.17) is 13.9 Å². The highest BCUT2D eigenvalue weighted by molar-refractivity contribution is 7.89. The van der Waals surface area contributed by atoms with Crippen LogP contribution >= 0.6 is 0 Å². The molecule has 1 aromatic carbocycles. The second-order valence-corrected chi connectivity index (χ2v) is 8.04. The number of hydrogen-bond acceptors (Lipinski definition) is 6. The van der Waals surface area contributed by atoms with Crippen molar-refractivity contribution >= 4 is 10.0 Å². The van der Waals surface area contributed by atoms with Crippen molar-refractivity contribution in [3.63, 3.8) is 0 Å². The summed E-state index contributed by atoms with van der Waals surface area (Å²) in [4.78, 5) is 0.0803. The lowest BCUT2D eigenvalue weighted by atomic mass is 10.2. The van der Waals surface area contributed by atoms with Gasteiger partial charge in [-0.1, -0.05) is 0 Å². The van der Waals surface area contributed by atoms with Crippen LogP contribution in [0.4, 0.5) is 0 Å². The van der Waals surface area contributed by atoms with Gasteiger partial charge in [-0.05, 0) is 44.2 Å². The van der Waals surface area contributed by atoms with Crippen LogP contribution in [-0.2, 0) is 10.0 Å². The Morgan fingerprint density at radius 1 is 1.14 bits per heavy atom. The summed E-state index contributed by atoms with van der Waals surface area (Å²) >= 11 is 0. The van der Waals surface area contributed by atoms with Crippen LogP contribution in [-0.4, -0.2) is 39.0 Å². The van der Waals surface area contributed by atoms with Gasteiger partial charge in [0.25, 0.3) is 0 Å². The van der Waals surface area contributed by atoms with Crippen molar-refractivity contribution in [3.8, 4) is 11.5 Å². The van der Waals surface area contributed by atoms with E-state index in [2.05, 4.69) is 9.82 Å². The Balaban J connectivity index is 1.88. The van der Waals surface area contributed by atoms with Gasteiger partial charge in [0.2, 0.25) is 10.0 Å². The third-order valence-electron chi connectivity index (χ3n) is 4.34. The van der Waals surface area contributed by atoms with Gasteiger partial charge < -0.3 is 13.9 Å². The Labute approximate surface area is 164 Å². The van der Waals surface area contributed by atoms with Crippen molar-refractivity contribution < 1.29 is 22.3 Å². The highest BCUT2D eigenvalue weighted by Gasteiger charge is 2.24. The Kier molecular flexibility index (Phi) is 5.76. The third kappa shape index (κ3) is 4.05. The predicted octanol–water partition coefficient (Wildman–Crippen LogP) is 2.68. The summed E-state index contributed by atoms with van der Waals surface area (Å²) in [5.41, 5.74) is 1.75. The van der Waals surface area contributed by atoms with E-state index in [1.807, 2.05) is 19.9 Å².